The summed E-state index contributed by atoms with van der Waals surface area (Å²) < 4.78 is 26.6. The molecule has 2 aromatic rings. The first-order valence-electron chi connectivity index (χ1n) is 6.38. The second kappa shape index (κ2) is 6.69. The molecule has 0 aromatic heterocycles. The van der Waals surface area contributed by atoms with Gasteiger partial charge in [-0.2, -0.15) is 0 Å². The molecule has 0 unspecified atom stereocenters. The van der Waals surface area contributed by atoms with Gasteiger partial charge in [0.15, 0.2) is 5.11 Å². The quantitative estimate of drug-likeness (QED) is 0.849. The highest BCUT2D eigenvalue weighted by molar-refractivity contribution is 7.91. The minimum Gasteiger partial charge on any atom is -0.358 e. The van der Waals surface area contributed by atoms with Crippen LogP contribution in [0.3, 0.4) is 0 Å². The van der Waals surface area contributed by atoms with Crippen molar-refractivity contribution in [1.29, 1.82) is 0 Å². The number of rotatable bonds is 4. The van der Waals surface area contributed by atoms with Crippen molar-refractivity contribution < 1.29 is 8.42 Å². The standard InChI is InChI=1S/C15H16N2O2S2/c1-12-7-9-14(10-8-12)21(18,19)17-15(20)16-11-13-5-3-2-4-6-13/h2-10H,11H2,1H3,(H2,16,17,20). The summed E-state index contributed by atoms with van der Waals surface area (Å²) in [6.45, 7) is 2.37. The Morgan fingerprint density at radius 2 is 1.67 bits per heavy atom. The van der Waals surface area contributed by atoms with Crippen LogP contribution in [0.2, 0.25) is 0 Å². The lowest BCUT2D eigenvalue weighted by Crippen LogP contribution is -2.38. The minimum absolute atomic E-state index is 0.0828. The van der Waals surface area contributed by atoms with Crippen LogP contribution in [0.4, 0.5) is 0 Å². The summed E-state index contributed by atoms with van der Waals surface area (Å²) in [5.41, 5.74) is 2.02. The van der Waals surface area contributed by atoms with E-state index in [1.165, 1.54) is 0 Å². The first kappa shape index (κ1) is 15.5. The van der Waals surface area contributed by atoms with Crippen molar-refractivity contribution in [2.75, 3.05) is 0 Å². The maximum absolute atomic E-state index is 12.1. The molecule has 0 saturated heterocycles. The normalized spacial score (nSPS) is 10.9. The van der Waals surface area contributed by atoms with Crippen molar-refractivity contribution in [3.05, 3.63) is 65.7 Å². The van der Waals surface area contributed by atoms with E-state index in [1.54, 1.807) is 24.3 Å². The summed E-state index contributed by atoms with van der Waals surface area (Å²) in [4.78, 5) is 0.192. The molecule has 0 saturated carbocycles. The predicted molar refractivity (Wildman–Crippen MR) is 87.4 cm³/mol. The van der Waals surface area contributed by atoms with Crippen LogP contribution in [0.5, 0.6) is 0 Å². The monoisotopic (exact) mass is 320 g/mol. The van der Waals surface area contributed by atoms with Gasteiger partial charge in [-0.1, -0.05) is 48.0 Å². The van der Waals surface area contributed by atoms with E-state index in [9.17, 15) is 8.42 Å². The molecule has 0 heterocycles. The van der Waals surface area contributed by atoms with Gasteiger partial charge < -0.3 is 5.32 Å². The first-order valence-corrected chi connectivity index (χ1v) is 8.28. The van der Waals surface area contributed by atoms with Crippen molar-refractivity contribution in [1.82, 2.24) is 10.0 Å². The molecule has 0 spiro atoms. The third-order valence-corrected chi connectivity index (χ3v) is 4.60. The molecule has 2 N–H and O–H groups in total. The molecule has 0 aliphatic heterocycles. The van der Waals surface area contributed by atoms with Crippen LogP contribution >= 0.6 is 12.2 Å². The van der Waals surface area contributed by atoms with Gasteiger partial charge in [-0.15, -0.1) is 0 Å². The average molecular weight is 320 g/mol. The summed E-state index contributed by atoms with van der Waals surface area (Å²) >= 11 is 5.03. The summed E-state index contributed by atoms with van der Waals surface area (Å²) in [7, 11) is -3.63. The van der Waals surface area contributed by atoms with Crippen LogP contribution in [-0.2, 0) is 16.6 Å². The molecule has 0 aliphatic carbocycles. The topological polar surface area (TPSA) is 58.2 Å². The summed E-state index contributed by atoms with van der Waals surface area (Å²) in [5.74, 6) is 0. The van der Waals surface area contributed by atoms with E-state index in [0.717, 1.165) is 11.1 Å². The van der Waals surface area contributed by atoms with Crippen molar-refractivity contribution in [3.63, 3.8) is 0 Å². The van der Waals surface area contributed by atoms with E-state index < -0.39 is 10.0 Å². The average Bonchev–Trinajstić information content (AvgIpc) is 2.46. The zero-order valence-corrected chi connectivity index (χ0v) is 13.2. The highest BCUT2D eigenvalue weighted by Crippen LogP contribution is 2.09. The Kier molecular flexibility index (Phi) is 4.93. The third-order valence-electron chi connectivity index (χ3n) is 2.85. The number of nitrogens with one attached hydrogen (secondary N) is 2. The number of aryl methyl sites for hydroxylation is 1. The van der Waals surface area contributed by atoms with Crippen LogP contribution in [0.1, 0.15) is 11.1 Å². The van der Waals surface area contributed by atoms with E-state index in [2.05, 4.69) is 10.0 Å². The molecule has 0 amide bonds. The lowest BCUT2D eigenvalue weighted by atomic mass is 10.2. The van der Waals surface area contributed by atoms with E-state index in [1.807, 2.05) is 37.3 Å². The van der Waals surface area contributed by atoms with Gasteiger partial charge in [0, 0.05) is 6.54 Å². The molecule has 0 bridgehead atoms. The van der Waals surface area contributed by atoms with Crippen molar-refractivity contribution in [2.45, 2.75) is 18.4 Å². The van der Waals surface area contributed by atoms with Crippen LogP contribution in [0.25, 0.3) is 0 Å². The zero-order chi connectivity index (χ0) is 15.3. The van der Waals surface area contributed by atoms with Gasteiger partial charge in [0.05, 0.1) is 4.90 Å². The summed E-state index contributed by atoms with van der Waals surface area (Å²) in [6, 6.07) is 16.2. The van der Waals surface area contributed by atoms with Gasteiger partial charge in [0.25, 0.3) is 10.0 Å². The van der Waals surface area contributed by atoms with E-state index in [-0.39, 0.29) is 10.0 Å². The molecule has 21 heavy (non-hydrogen) atoms. The Labute approximate surface area is 130 Å². The Morgan fingerprint density at radius 1 is 1.05 bits per heavy atom. The number of hydrogen-bond donors (Lipinski definition) is 2. The fourth-order valence-corrected chi connectivity index (χ4v) is 3.04. The number of sulfonamides is 1. The highest BCUT2D eigenvalue weighted by atomic mass is 32.2. The molecular weight excluding hydrogens is 304 g/mol. The molecular formula is C15H16N2O2S2. The number of benzene rings is 2. The lowest BCUT2D eigenvalue weighted by Gasteiger charge is -2.11. The van der Waals surface area contributed by atoms with Crippen molar-refractivity contribution in [2.24, 2.45) is 0 Å². The Morgan fingerprint density at radius 3 is 2.29 bits per heavy atom. The van der Waals surface area contributed by atoms with Gasteiger partial charge in [-0.25, -0.2) is 8.42 Å². The fraction of sp³-hybridized carbons (Fsp3) is 0.133. The minimum atomic E-state index is -3.63. The third kappa shape index (κ3) is 4.54. The smallest absolute Gasteiger partial charge is 0.263 e. The Balaban J connectivity index is 1.97. The first-order chi connectivity index (χ1) is 9.97. The van der Waals surface area contributed by atoms with E-state index >= 15 is 0 Å². The van der Waals surface area contributed by atoms with Crippen molar-refractivity contribution >= 4 is 27.4 Å². The van der Waals surface area contributed by atoms with Crippen LogP contribution in [0.15, 0.2) is 59.5 Å². The molecule has 2 rings (SSSR count). The maximum atomic E-state index is 12.1. The van der Waals surface area contributed by atoms with E-state index in [4.69, 9.17) is 12.2 Å². The molecule has 0 atom stereocenters. The summed E-state index contributed by atoms with van der Waals surface area (Å²) in [5, 5.41) is 2.96. The van der Waals surface area contributed by atoms with E-state index in [0.29, 0.717) is 6.54 Å². The molecule has 110 valence electrons. The maximum Gasteiger partial charge on any atom is 0.263 e. The highest BCUT2D eigenvalue weighted by Gasteiger charge is 2.14. The SMILES string of the molecule is Cc1ccc(S(=O)(=O)NC(=S)NCc2ccccc2)cc1. The van der Waals surface area contributed by atoms with Crippen LogP contribution in [-0.4, -0.2) is 13.5 Å². The second-order valence-corrected chi connectivity index (χ2v) is 6.68. The molecule has 4 nitrogen and oxygen atoms in total. The van der Waals surface area contributed by atoms with Gasteiger partial charge in [-0.05, 0) is 36.8 Å². The summed E-state index contributed by atoms with van der Waals surface area (Å²) in [6.07, 6.45) is 0. The second-order valence-electron chi connectivity index (χ2n) is 4.59. The molecule has 6 heteroatoms. The fourth-order valence-electron chi connectivity index (χ4n) is 1.71. The predicted octanol–water partition coefficient (Wildman–Crippen LogP) is 2.35. The molecule has 0 radical (unpaired) electrons. The Bertz CT molecular complexity index is 711. The van der Waals surface area contributed by atoms with Crippen molar-refractivity contribution in [3.8, 4) is 0 Å². The van der Waals surface area contributed by atoms with Crippen LogP contribution < -0.4 is 10.0 Å². The van der Waals surface area contributed by atoms with Crippen LogP contribution in [0, 0.1) is 6.92 Å². The van der Waals surface area contributed by atoms with Gasteiger partial charge >= 0.3 is 0 Å². The largest absolute Gasteiger partial charge is 0.358 e. The van der Waals surface area contributed by atoms with Gasteiger partial charge in [-0.3, -0.25) is 4.72 Å². The van der Waals surface area contributed by atoms with Gasteiger partial charge in [0.2, 0.25) is 0 Å². The zero-order valence-electron chi connectivity index (χ0n) is 11.5. The molecule has 0 fully saturated rings. The number of thiocarbonyl (C=S) groups is 1. The number of hydrogen-bond acceptors (Lipinski definition) is 3. The molecule has 2 aromatic carbocycles. The van der Waals surface area contributed by atoms with Gasteiger partial charge in [0.1, 0.15) is 0 Å². The lowest BCUT2D eigenvalue weighted by molar-refractivity contribution is 0.592. The molecule has 0 aliphatic rings. The Hall–Kier alpha value is -1.92.